The summed E-state index contributed by atoms with van der Waals surface area (Å²) in [5.74, 6) is -1.37. The van der Waals surface area contributed by atoms with Gasteiger partial charge in [0.25, 0.3) is 5.91 Å². The van der Waals surface area contributed by atoms with Crippen molar-refractivity contribution < 1.29 is 19.1 Å². The van der Waals surface area contributed by atoms with E-state index in [0.29, 0.717) is 5.03 Å². The van der Waals surface area contributed by atoms with E-state index in [2.05, 4.69) is 10.3 Å². The molecule has 1 heterocycles. The Morgan fingerprint density at radius 3 is 2.70 bits per heavy atom. The van der Waals surface area contributed by atoms with Crippen LogP contribution in [-0.2, 0) is 9.53 Å². The molecule has 8 heteroatoms. The molecule has 1 rings (SSSR count). The number of imide groups is 1. The molecule has 0 bridgehead atoms. The highest BCUT2D eigenvalue weighted by Gasteiger charge is 2.22. The quantitative estimate of drug-likeness (QED) is 0.630. The second-order valence-electron chi connectivity index (χ2n) is 3.68. The fourth-order valence-electron chi connectivity index (χ4n) is 1.26. The summed E-state index contributed by atoms with van der Waals surface area (Å²) in [7, 11) is 1.37. The lowest BCUT2D eigenvalue weighted by atomic mass is 10.3. The zero-order valence-corrected chi connectivity index (χ0v) is 12.1. The fraction of sp³-hybridized carbons (Fsp3) is 0.333. The number of pyridine rings is 1. The molecular weight excluding hydrogens is 282 g/mol. The van der Waals surface area contributed by atoms with Gasteiger partial charge in [0.05, 0.1) is 5.56 Å². The van der Waals surface area contributed by atoms with E-state index >= 15 is 0 Å². The minimum Gasteiger partial charge on any atom is -0.449 e. The zero-order valence-electron chi connectivity index (χ0n) is 11.3. The maximum Gasteiger partial charge on any atom is 0.341 e. The van der Waals surface area contributed by atoms with E-state index < -0.39 is 24.0 Å². The summed E-state index contributed by atoms with van der Waals surface area (Å²) in [5, 5.41) is 4.77. The summed E-state index contributed by atoms with van der Waals surface area (Å²) < 4.78 is 5.00. The van der Waals surface area contributed by atoms with Crippen LogP contribution in [0, 0.1) is 0 Å². The first-order valence-corrected chi connectivity index (χ1v) is 6.94. The molecule has 0 spiro atoms. The molecule has 1 atom stereocenters. The third kappa shape index (κ3) is 4.23. The minimum atomic E-state index is -1.09. The molecule has 108 valence electrons. The molecule has 0 unspecified atom stereocenters. The number of nitrogens with zero attached hydrogens (tertiary/aromatic N) is 1. The smallest absolute Gasteiger partial charge is 0.341 e. The largest absolute Gasteiger partial charge is 0.449 e. The molecule has 0 radical (unpaired) electrons. The molecular formula is C12H15N3O4S. The lowest BCUT2D eigenvalue weighted by molar-refractivity contribution is -0.127. The van der Waals surface area contributed by atoms with Gasteiger partial charge in [0.1, 0.15) is 5.03 Å². The number of thioether (sulfide) groups is 1. The lowest BCUT2D eigenvalue weighted by Crippen LogP contribution is -2.43. The minimum absolute atomic E-state index is 0.277. The van der Waals surface area contributed by atoms with Gasteiger partial charge in [-0.05, 0) is 25.3 Å². The highest BCUT2D eigenvalue weighted by atomic mass is 32.2. The molecule has 20 heavy (non-hydrogen) atoms. The Bertz CT molecular complexity index is 521. The topological polar surface area (TPSA) is 97.4 Å². The van der Waals surface area contributed by atoms with Crippen molar-refractivity contribution in [2.45, 2.75) is 18.1 Å². The van der Waals surface area contributed by atoms with Crippen LogP contribution in [0.4, 0.5) is 4.79 Å². The first kappa shape index (κ1) is 16.0. The van der Waals surface area contributed by atoms with Gasteiger partial charge in [-0.25, -0.2) is 14.6 Å². The highest BCUT2D eigenvalue weighted by molar-refractivity contribution is 7.98. The number of aromatic nitrogens is 1. The number of carbonyl (C=O) groups is 3. The van der Waals surface area contributed by atoms with Gasteiger partial charge in [-0.2, -0.15) is 0 Å². The van der Waals surface area contributed by atoms with Gasteiger partial charge in [0.2, 0.25) is 0 Å². The monoisotopic (exact) mass is 297 g/mol. The van der Waals surface area contributed by atoms with Crippen molar-refractivity contribution in [1.82, 2.24) is 15.6 Å². The molecule has 0 saturated heterocycles. The molecule has 0 aliphatic heterocycles. The average molecular weight is 297 g/mol. The Morgan fingerprint density at radius 2 is 2.10 bits per heavy atom. The van der Waals surface area contributed by atoms with Crippen molar-refractivity contribution in [3.63, 3.8) is 0 Å². The molecule has 1 aromatic rings. The number of nitrogens with one attached hydrogen (secondary N) is 2. The summed E-state index contributed by atoms with van der Waals surface area (Å²) in [6.07, 6.45) is 2.25. The van der Waals surface area contributed by atoms with Gasteiger partial charge in [-0.3, -0.25) is 10.1 Å². The van der Waals surface area contributed by atoms with Crippen molar-refractivity contribution >= 4 is 29.7 Å². The summed E-state index contributed by atoms with van der Waals surface area (Å²) in [4.78, 5) is 38.5. The number of hydrogen-bond acceptors (Lipinski definition) is 6. The first-order chi connectivity index (χ1) is 9.49. The second-order valence-corrected chi connectivity index (χ2v) is 4.47. The molecule has 1 aromatic heterocycles. The predicted octanol–water partition coefficient (Wildman–Crippen LogP) is 0.804. The molecule has 3 amide bonds. The van der Waals surface area contributed by atoms with E-state index in [9.17, 15) is 14.4 Å². The van der Waals surface area contributed by atoms with E-state index in [1.165, 1.54) is 25.7 Å². The molecule has 0 saturated carbocycles. The Balaban J connectivity index is 2.70. The van der Waals surface area contributed by atoms with Crippen molar-refractivity contribution in [2.24, 2.45) is 0 Å². The highest BCUT2D eigenvalue weighted by Crippen LogP contribution is 2.18. The first-order valence-electron chi connectivity index (χ1n) is 5.72. The van der Waals surface area contributed by atoms with Crippen molar-refractivity contribution in [3.8, 4) is 0 Å². The Kier molecular flexibility index (Phi) is 5.98. The molecule has 0 fully saturated rings. The van der Waals surface area contributed by atoms with Crippen molar-refractivity contribution in [1.29, 1.82) is 0 Å². The average Bonchev–Trinajstić information content (AvgIpc) is 2.46. The lowest BCUT2D eigenvalue weighted by Gasteiger charge is -2.13. The number of esters is 1. The van der Waals surface area contributed by atoms with E-state index in [0.717, 1.165) is 0 Å². The van der Waals surface area contributed by atoms with Crippen LogP contribution in [0.2, 0.25) is 0 Å². The van der Waals surface area contributed by atoms with Crippen LogP contribution in [-0.4, -0.2) is 42.3 Å². The third-order valence-electron chi connectivity index (χ3n) is 2.30. The molecule has 7 nitrogen and oxygen atoms in total. The van der Waals surface area contributed by atoms with Crippen molar-refractivity contribution in [3.05, 3.63) is 23.9 Å². The summed E-state index contributed by atoms with van der Waals surface area (Å²) >= 11 is 1.30. The van der Waals surface area contributed by atoms with Gasteiger partial charge in [-0.1, -0.05) is 0 Å². The van der Waals surface area contributed by atoms with Crippen LogP contribution in [0.3, 0.4) is 0 Å². The third-order valence-corrected chi connectivity index (χ3v) is 3.01. The second kappa shape index (κ2) is 7.49. The molecule has 0 aliphatic rings. The number of urea groups is 1. The number of rotatable bonds is 4. The van der Waals surface area contributed by atoms with E-state index in [1.54, 1.807) is 24.6 Å². The van der Waals surface area contributed by atoms with Gasteiger partial charge in [0, 0.05) is 13.2 Å². The van der Waals surface area contributed by atoms with Gasteiger partial charge >= 0.3 is 12.0 Å². The van der Waals surface area contributed by atoms with Gasteiger partial charge in [-0.15, -0.1) is 11.8 Å². The molecule has 0 aromatic carbocycles. The summed E-state index contributed by atoms with van der Waals surface area (Å²) in [6.45, 7) is 1.38. The maximum atomic E-state index is 11.9. The number of hydrogen-bond donors (Lipinski definition) is 2. The van der Waals surface area contributed by atoms with E-state index in [4.69, 9.17) is 4.74 Å². The van der Waals surface area contributed by atoms with Crippen LogP contribution >= 0.6 is 11.8 Å². The van der Waals surface area contributed by atoms with Crippen LogP contribution in [0.25, 0.3) is 0 Å². The Morgan fingerprint density at radius 1 is 1.40 bits per heavy atom. The maximum absolute atomic E-state index is 11.9. The molecule has 0 aliphatic carbocycles. The van der Waals surface area contributed by atoms with Gasteiger partial charge < -0.3 is 10.1 Å². The molecule has 2 N–H and O–H groups in total. The van der Waals surface area contributed by atoms with Crippen LogP contribution in [0.1, 0.15) is 17.3 Å². The van der Waals surface area contributed by atoms with Crippen LogP contribution in [0.15, 0.2) is 23.4 Å². The number of ether oxygens (including phenoxy) is 1. The Labute approximate surface area is 120 Å². The zero-order chi connectivity index (χ0) is 15.1. The normalized spacial score (nSPS) is 11.3. The van der Waals surface area contributed by atoms with Crippen LogP contribution in [0.5, 0.6) is 0 Å². The van der Waals surface area contributed by atoms with Crippen molar-refractivity contribution in [2.75, 3.05) is 13.3 Å². The number of carbonyl (C=O) groups excluding carboxylic acids is 3. The number of amides is 3. The Hall–Kier alpha value is -2.09. The summed E-state index contributed by atoms with van der Waals surface area (Å²) in [6, 6.07) is 2.50. The van der Waals surface area contributed by atoms with E-state index in [1.807, 2.05) is 5.32 Å². The SMILES string of the molecule is CNC(=O)NC(=O)[C@@H](C)OC(=O)c1cccnc1SC. The predicted molar refractivity (Wildman–Crippen MR) is 73.5 cm³/mol. The van der Waals surface area contributed by atoms with E-state index in [-0.39, 0.29) is 5.56 Å². The standard InChI is InChI=1S/C12H15N3O4S/c1-7(9(16)15-12(18)13-2)19-11(17)8-5-4-6-14-10(8)20-3/h4-7H,1-3H3,(H2,13,15,16,18)/t7-/m1/s1. The summed E-state index contributed by atoms with van der Waals surface area (Å²) in [5.41, 5.74) is 0.277. The van der Waals surface area contributed by atoms with Gasteiger partial charge in [0.15, 0.2) is 6.10 Å². The fourth-order valence-corrected chi connectivity index (χ4v) is 1.80. The van der Waals surface area contributed by atoms with Crippen LogP contribution < -0.4 is 10.6 Å².